The lowest BCUT2D eigenvalue weighted by Crippen LogP contribution is -2.47. The number of halogens is 3. The highest BCUT2D eigenvalue weighted by Crippen LogP contribution is 2.39. The molecule has 44 heavy (non-hydrogen) atoms. The van der Waals surface area contributed by atoms with Gasteiger partial charge >= 0.3 is 12.1 Å². The van der Waals surface area contributed by atoms with Crippen molar-refractivity contribution in [3.63, 3.8) is 0 Å². The minimum Gasteiger partial charge on any atom is -0.481 e. The van der Waals surface area contributed by atoms with Crippen LogP contribution in [0.25, 0.3) is 11.1 Å². The number of aryl methyl sites for hydroxylation is 1. The Bertz CT molecular complexity index is 1570. The molecular weight excluding hydrogens is 593 g/mol. The molecule has 0 saturated heterocycles. The first-order valence-corrected chi connectivity index (χ1v) is 16.0. The van der Waals surface area contributed by atoms with E-state index in [0.717, 1.165) is 42.7 Å². The summed E-state index contributed by atoms with van der Waals surface area (Å²) in [6.45, 7) is 3.68. The van der Waals surface area contributed by atoms with Crippen molar-refractivity contribution in [2.24, 2.45) is 5.92 Å². The number of fused-ring (bicyclic) bond motifs is 1. The highest BCUT2D eigenvalue weighted by molar-refractivity contribution is 7.89. The number of aliphatic carboxylic acids is 1. The Hall–Kier alpha value is -3.25. The van der Waals surface area contributed by atoms with Gasteiger partial charge in [0.15, 0.2) is 0 Å². The molecule has 0 spiro atoms. The largest absolute Gasteiger partial charge is 0.481 e. The Kier molecular flexibility index (Phi) is 10.2. The lowest BCUT2D eigenvalue weighted by Gasteiger charge is -2.31. The molecular formula is C33H39F3N2O5S. The minimum absolute atomic E-state index is 0.0602. The number of β-amino-alcohol motifs (C(OH)–C–C–N with tert-alkyl or cyclic N) is 1. The molecule has 3 aromatic carbocycles. The van der Waals surface area contributed by atoms with E-state index in [4.69, 9.17) is 5.11 Å². The van der Waals surface area contributed by atoms with Gasteiger partial charge in [0.2, 0.25) is 10.0 Å². The van der Waals surface area contributed by atoms with Crippen LogP contribution in [-0.4, -0.2) is 60.7 Å². The number of alkyl halides is 3. The number of aliphatic hydroxyl groups excluding tert-OH is 1. The molecule has 1 unspecified atom stereocenters. The maximum Gasteiger partial charge on any atom is 0.417 e. The molecule has 0 amide bonds. The summed E-state index contributed by atoms with van der Waals surface area (Å²) in [4.78, 5) is 10.1. The first kappa shape index (κ1) is 33.6. The molecule has 0 aromatic heterocycles. The normalized spacial score (nSPS) is 15.0. The zero-order chi connectivity index (χ0) is 32.3. The second-order valence-corrected chi connectivity index (χ2v) is 14.2. The number of hydrogen-bond acceptors (Lipinski definition) is 5. The van der Waals surface area contributed by atoms with E-state index in [-0.39, 0.29) is 30.5 Å². The van der Waals surface area contributed by atoms with E-state index in [1.807, 2.05) is 26.0 Å². The van der Waals surface area contributed by atoms with Gasteiger partial charge in [0.25, 0.3) is 0 Å². The number of carbonyl (C=O) groups is 1. The third-order valence-electron chi connectivity index (χ3n) is 8.13. The monoisotopic (exact) mass is 632 g/mol. The van der Waals surface area contributed by atoms with Crippen LogP contribution in [0.15, 0.2) is 71.6 Å². The Balaban J connectivity index is 1.45. The van der Waals surface area contributed by atoms with Crippen LogP contribution in [0, 0.1) is 5.92 Å². The molecule has 1 aliphatic rings. The van der Waals surface area contributed by atoms with Gasteiger partial charge in [-0.05, 0) is 85.4 Å². The molecule has 0 bridgehead atoms. The van der Waals surface area contributed by atoms with Gasteiger partial charge < -0.3 is 15.5 Å². The molecule has 3 N–H and O–H groups in total. The van der Waals surface area contributed by atoms with Crippen LogP contribution >= 0.6 is 0 Å². The molecule has 0 radical (unpaired) electrons. The fraction of sp³-hybridized carbons (Fsp3) is 0.424. The highest BCUT2D eigenvalue weighted by Gasteiger charge is 2.39. The molecule has 0 aliphatic heterocycles. The second-order valence-electron chi connectivity index (χ2n) is 12.2. The minimum atomic E-state index is -4.99. The van der Waals surface area contributed by atoms with Crippen molar-refractivity contribution in [1.29, 1.82) is 0 Å². The van der Waals surface area contributed by atoms with Gasteiger partial charge in [0.1, 0.15) is 0 Å². The smallest absolute Gasteiger partial charge is 0.417 e. The average Bonchev–Trinajstić information content (AvgIpc) is 3.36. The van der Waals surface area contributed by atoms with Crippen LogP contribution in [-0.2, 0) is 40.3 Å². The number of nitrogens with zero attached hydrogens (tertiary/aromatic N) is 1. The Morgan fingerprint density at radius 2 is 1.64 bits per heavy atom. The SMILES string of the molecule is CN(CC(O)CNC(C)(C)CC1Cc2ccccc2C1)S(=O)(=O)c1ccc(-c2ccccc2CCC(=O)O)cc1C(F)(F)F. The predicted octanol–water partition coefficient (Wildman–Crippen LogP) is 5.54. The lowest BCUT2D eigenvalue weighted by molar-refractivity contribution is -0.140. The van der Waals surface area contributed by atoms with Crippen molar-refractivity contribution in [3.8, 4) is 11.1 Å². The van der Waals surface area contributed by atoms with Crippen LogP contribution in [0.4, 0.5) is 13.2 Å². The van der Waals surface area contributed by atoms with Crippen LogP contribution in [0.1, 0.15) is 48.9 Å². The molecule has 4 rings (SSSR count). The van der Waals surface area contributed by atoms with Gasteiger partial charge in [-0.3, -0.25) is 4.79 Å². The van der Waals surface area contributed by atoms with Crippen molar-refractivity contribution in [3.05, 3.63) is 89.0 Å². The molecule has 7 nitrogen and oxygen atoms in total. The molecule has 0 fully saturated rings. The summed E-state index contributed by atoms with van der Waals surface area (Å²) in [5.74, 6) is -0.607. The third kappa shape index (κ3) is 8.26. The number of carboxylic acid groups (broad SMARTS) is 1. The van der Waals surface area contributed by atoms with Gasteiger partial charge in [-0.2, -0.15) is 17.5 Å². The zero-order valence-electron chi connectivity index (χ0n) is 25.1. The first-order valence-electron chi connectivity index (χ1n) is 14.5. The van der Waals surface area contributed by atoms with E-state index >= 15 is 0 Å². The van der Waals surface area contributed by atoms with Crippen LogP contribution < -0.4 is 5.32 Å². The summed E-state index contributed by atoms with van der Waals surface area (Å²) >= 11 is 0. The number of carboxylic acids is 1. The number of benzene rings is 3. The number of sulfonamides is 1. The summed E-state index contributed by atoms with van der Waals surface area (Å²) in [6, 6.07) is 17.8. The molecule has 1 atom stereocenters. The van der Waals surface area contributed by atoms with Crippen molar-refractivity contribution in [2.75, 3.05) is 20.1 Å². The number of hydrogen-bond donors (Lipinski definition) is 3. The van der Waals surface area contributed by atoms with E-state index in [1.54, 1.807) is 24.3 Å². The summed E-state index contributed by atoms with van der Waals surface area (Å²) in [5, 5.41) is 23.1. The molecule has 3 aromatic rings. The van der Waals surface area contributed by atoms with Crippen molar-refractivity contribution >= 4 is 16.0 Å². The highest BCUT2D eigenvalue weighted by atomic mass is 32.2. The number of aliphatic hydroxyl groups is 1. The second kappa shape index (κ2) is 13.4. The summed E-state index contributed by atoms with van der Waals surface area (Å²) in [5.41, 5.74) is 2.04. The number of nitrogens with one attached hydrogen (secondary N) is 1. The van der Waals surface area contributed by atoms with Gasteiger partial charge in [0, 0.05) is 32.1 Å². The van der Waals surface area contributed by atoms with Crippen LogP contribution in [0.3, 0.4) is 0 Å². The quantitative estimate of drug-likeness (QED) is 0.228. The molecule has 1 aliphatic carbocycles. The lowest BCUT2D eigenvalue weighted by atomic mass is 9.88. The van der Waals surface area contributed by atoms with E-state index in [9.17, 15) is 31.5 Å². The maximum absolute atomic E-state index is 14.2. The van der Waals surface area contributed by atoms with Gasteiger partial charge in [-0.1, -0.05) is 54.6 Å². The zero-order valence-corrected chi connectivity index (χ0v) is 25.9. The van der Waals surface area contributed by atoms with E-state index in [2.05, 4.69) is 17.4 Å². The summed E-state index contributed by atoms with van der Waals surface area (Å²) in [7, 11) is -3.49. The first-order chi connectivity index (χ1) is 20.6. The van der Waals surface area contributed by atoms with Crippen molar-refractivity contribution < 1.29 is 36.6 Å². The third-order valence-corrected chi connectivity index (χ3v) is 10.0. The van der Waals surface area contributed by atoms with Gasteiger partial charge in [-0.15, -0.1) is 0 Å². The van der Waals surface area contributed by atoms with Crippen molar-refractivity contribution in [1.82, 2.24) is 9.62 Å². The van der Waals surface area contributed by atoms with Gasteiger partial charge in [-0.25, -0.2) is 8.42 Å². The van der Waals surface area contributed by atoms with Crippen LogP contribution in [0.5, 0.6) is 0 Å². The average molecular weight is 633 g/mol. The molecule has 11 heteroatoms. The van der Waals surface area contributed by atoms with Gasteiger partial charge in [0.05, 0.1) is 16.6 Å². The Morgan fingerprint density at radius 3 is 2.25 bits per heavy atom. The maximum atomic E-state index is 14.2. The van der Waals surface area contributed by atoms with E-state index in [1.165, 1.54) is 17.2 Å². The van der Waals surface area contributed by atoms with E-state index < -0.39 is 45.3 Å². The number of likely N-dealkylation sites (N-methyl/N-ethyl adjacent to an activating group) is 1. The fourth-order valence-corrected chi connectivity index (χ4v) is 7.41. The predicted molar refractivity (Wildman–Crippen MR) is 163 cm³/mol. The Labute approximate surface area is 256 Å². The van der Waals surface area contributed by atoms with Crippen molar-refractivity contribution in [2.45, 2.75) is 68.7 Å². The summed E-state index contributed by atoms with van der Waals surface area (Å²) in [6.07, 6.45) is -3.47. The summed E-state index contributed by atoms with van der Waals surface area (Å²) < 4.78 is 70.3. The fourth-order valence-electron chi connectivity index (χ4n) is 6.02. The van der Waals surface area contributed by atoms with E-state index in [0.29, 0.717) is 17.0 Å². The standard InChI is InChI=1S/C33H39F3N2O5S/c1-32(2,19-22-16-24-9-4-5-10-25(24)17-22)37-20-27(39)21-38(3)44(42,43)30-14-12-26(18-29(30)33(34,35)36)28-11-7-6-8-23(28)13-15-31(40)41/h4-12,14,18,22,27,37,39H,13,15-17,19-21H2,1-3H3,(H,40,41). The van der Waals surface area contributed by atoms with Crippen LogP contribution in [0.2, 0.25) is 0 Å². The topological polar surface area (TPSA) is 107 Å². The Morgan fingerprint density at radius 1 is 1.02 bits per heavy atom. The molecule has 238 valence electrons. The number of rotatable bonds is 13. The molecule has 0 heterocycles. The molecule has 0 saturated carbocycles.